The van der Waals surface area contributed by atoms with Gasteiger partial charge in [-0.25, -0.2) is 0 Å². The lowest BCUT2D eigenvalue weighted by Crippen LogP contribution is -2.48. The van der Waals surface area contributed by atoms with Crippen LogP contribution in [0.5, 0.6) is 0 Å². The molecule has 0 bridgehead atoms. The first-order chi connectivity index (χ1) is 10.1. The topological polar surface area (TPSA) is 55.1 Å². The van der Waals surface area contributed by atoms with Crippen LogP contribution in [0.4, 0.5) is 0 Å². The smallest absolute Gasteiger partial charge is 0.269 e. The number of hydrogen-bond donors (Lipinski definition) is 1. The summed E-state index contributed by atoms with van der Waals surface area (Å²) in [4.78, 5) is 14.1. The molecule has 1 aliphatic rings. The molecular formula is C14H18ClN5O. The number of aryl methyl sites for hydroxylation is 1. The van der Waals surface area contributed by atoms with Gasteiger partial charge in [0.1, 0.15) is 5.69 Å². The van der Waals surface area contributed by atoms with E-state index in [1.165, 1.54) is 4.09 Å². The summed E-state index contributed by atoms with van der Waals surface area (Å²) in [6.45, 7) is 3.60. The molecule has 0 atom stereocenters. The van der Waals surface area contributed by atoms with Gasteiger partial charge in [-0.15, -0.1) is 0 Å². The lowest BCUT2D eigenvalue weighted by molar-refractivity contribution is 0.0923. The number of carbonyl (C=O) groups excluding carboxylic acids is 1. The fraction of sp³-hybridized carbons (Fsp3) is 0.429. The van der Waals surface area contributed by atoms with Gasteiger partial charge in [0.05, 0.1) is 6.20 Å². The maximum Gasteiger partial charge on any atom is 0.269 e. The number of amides is 1. The summed E-state index contributed by atoms with van der Waals surface area (Å²) < 4.78 is 1.40. The first-order valence-corrected chi connectivity index (χ1v) is 7.39. The number of halogens is 1. The Bertz CT molecular complexity index is 613. The largest absolute Gasteiger partial charge is 0.348 e. The van der Waals surface area contributed by atoms with E-state index in [1.807, 2.05) is 30.0 Å². The van der Waals surface area contributed by atoms with E-state index >= 15 is 0 Å². The summed E-state index contributed by atoms with van der Waals surface area (Å²) in [5.74, 6) is -0.115. The van der Waals surface area contributed by atoms with E-state index in [0.717, 1.165) is 31.6 Å². The molecule has 6 nitrogen and oxygen atoms in total. The van der Waals surface area contributed by atoms with Crippen LogP contribution in [0, 0.1) is 6.92 Å². The van der Waals surface area contributed by atoms with Crippen molar-refractivity contribution in [3.05, 3.63) is 42.0 Å². The molecule has 3 heterocycles. The van der Waals surface area contributed by atoms with Crippen molar-refractivity contribution in [2.45, 2.75) is 25.8 Å². The third-order valence-electron chi connectivity index (χ3n) is 3.82. The van der Waals surface area contributed by atoms with Gasteiger partial charge in [-0.2, -0.15) is 9.89 Å². The maximum atomic E-state index is 12.2. The SMILES string of the molecule is Cc1ccc(C(=O)NC2CCN(n3cccn3)CC2)n1Cl. The molecule has 0 aromatic carbocycles. The van der Waals surface area contributed by atoms with Crippen molar-refractivity contribution in [2.75, 3.05) is 18.1 Å². The number of carbonyl (C=O) groups is 1. The van der Waals surface area contributed by atoms with Gasteiger partial charge in [-0.1, -0.05) is 0 Å². The van der Waals surface area contributed by atoms with Crippen LogP contribution in [0.25, 0.3) is 0 Å². The van der Waals surface area contributed by atoms with Gasteiger partial charge in [-0.3, -0.25) is 13.9 Å². The Balaban J connectivity index is 1.56. The molecule has 112 valence electrons. The van der Waals surface area contributed by atoms with Gasteiger partial charge < -0.3 is 5.32 Å². The highest BCUT2D eigenvalue weighted by molar-refractivity contribution is 6.18. The van der Waals surface area contributed by atoms with Gasteiger partial charge in [0.15, 0.2) is 0 Å². The van der Waals surface area contributed by atoms with Crippen LogP contribution in [0.15, 0.2) is 30.6 Å². The van der Waals surface area contributed by atoms with Crippen LogP contribution in [-0.2, 0) is 0 Å². The Kier molecular flexibility index (Phi) is 3.88. The first-order valence-electron chi connectivity index (χ1n) is 7.05. The summed E-state index contributed by atoms with van der Waals surface area (Å²) in [5.41, 5.74) is 1.35. The van der Waals surface area contributed by atoms with Gasteiger partial charge in [0.25, 0.3) is 5.91 Å². The number of hydrogen-bond acceptors (Lipinski definition) is 3. The fourth-order valence-corrected chi connectivity index (χ4v) is 2.78. The van der Waals surface area contributed by atoms with E-state index in [9.17, 15) is 4.79 Å². The van der Waals surface area contributed by atoms with Crippen LogP contribution in [-0.4, -0.2) is 39.0 Å². The Morgan fingerprint density at radius 2 is 2.14 bits per heavy atom. The van der Waals surface area contributed by atoms with E-state index in [4.69, 9.17) is 11.8 Å². The lowest BCUT2D eigenvalue weighted by Gasteiger charge is -2.33. The van der Waals surface area contributed by atoms with Gasteiger partial charge in [0.2, 0.25) is 0 Å². The minimum atomic E-state index is -0.115. The maximum absolute atomic E-state index is 12.2. The van der Waals surface area contributed by atoms with E-state index in [2.05, 4.69) is 15.4 Å². The third-order valence-corrected chi connectivity index (χ3v) is 4.27. The van der Waals surface area contributed by atoms with Crippen LogP contribution >= 0.6 is 11.8 Å². The highest BCUT2D eigenvalue weighted by Crippen LogP contribution is 2.13. The number of aromatic nitrogens is 3. The Morgan fingerprint density at radius 1 is 1.38 bits per heavy atom. The molecule has 0 aliphatic carbocycles. The summed E-state index contributed by atoms with van der Waals surface area (Å²) >= 11 is 6.05. The minimum Gasteiger partial charge on any atom is -0.348 e. The van der Waals surface area contributed by atoms with E-state index in [-0.39, 0.29) is 11.9 Å². The van der Waals surface area contributed by atoms with Crippen molar-refractivity contribution in [1.29, 1.82) is 0 Å². The summed E-state index contributed by atoms with van der Waals surface area (Å²) in [6, 6.07) is 5.67. The molecule has 0 spiro atoms. The predicted molar refractivity (Wildman–Crippen MR) is 81.1 cm³/mol. The molecular weight excluding hydrogens is 290 g/mol. The van der Waals surface area contributed by atoms with E-state index in [1.54, 1.807) is 12.3 Å². The first kappa shape index (κ1) is 14.0. The molecule has 2 aromatic heterocycles. The third kappa shape index (κ3) is 2.90. The van der Waals surface area contributed by atoms with E-state index in [0.29, 0.717) is 5.69 Å². The molecule has 2 aromatic rings. The molecule has 0 radical (unpaired) electrons. The molecule has 1 saturated heterocycles. The van der Waals surface area contributed by atoms with Crippen molar-refractivity contribution >= 4 is 17.7 Å². The molecule has 7 heteroatoms. The molecule has 1 fully saturated rings. The zero-order chi connectivity index (χ0) is 14.8. The van der Waals surface area contributed by atoms with Crippen molar-refractivity contribution in [3.8, 4) is 0 Å². The lowest BCUT2D eigenvalue weighted by atomic mass is 10.1. The summed E-state index contributed by atoms with van der Waals surface area (Å²) in [6.07, 6.45) is 5.49. The standard InChI is InChI=1S/C14H18ClN5O/c1-11-3-4-13(20(11)15)14(21)17-12-5-9-18(10-6-12)19-8-2-7-16-19/h2-4,7-8,12H,5-6,9-10H2,1H3,(H,17,21). The van der Waals surface area contributed by atoms with Crippen molar-refractivity contribution < 1.29 is 4.79 Å². The molecule has 0 unspecified atom stereocenters. The zero-order valence-corrected chi connectivity index (χ0v) is 12.6. The highest BCUT2D eigenvalue weighted by Gasteiger charge is 2.22. The number of nitrogens with one attached hydrogen (secondary N) is 1. The average Bonchev–Trinajstić information content (AvgIpc) is 3.11. The minimum absolute atomic E-state index is 0.115. The zero-order valence-electron chi connectivity index (χ0n) is 11.9. The molecule has 1 N–H and O–H groups in total. The number of rotatable bonds is 3. The Hall–Kier alpha value is -1.95. The average molecular weight is 308 g/mol. The second-order valence-electron chi connectivity index (χ2n) is 5.27. The predicted octanol–water partition coefficient (Wildman–Crippen LogP) is 1.53. The van der Waals surface area contributed by atoms with Crippen LogP contribution in [0.1, 0.15) is 29.0 Å². The molecule has 21 heavy (non-hydrogen) atoms. The molecule has 3 rings (SSSR count). The Morgan fingerprint density at radius 3 is 2.71 bits per heavy atom. The van der Waals surface area contributed by atoms with Crippen LogP contribution in [0.3, 0.4) is 0 Å². The fourth-order valence-electron chi connectivity index (χ4n) is 2.59. The molecule has 1 aliphatic heterocycles. The monoisotopic (exact) mass is 307 g/mol. The van der Waals surface area contributed by atoms with Crippen molar-refractivity contribution in [2.24, 2.45) is 0 Å². The molecule has 1 amide bonds. The quantitative estimate of drug-likeness (QED) is 0.935. The Labute approximate surface area is 128 Å². The van der Waals surface area contributed by atoms with E-state index < -0.39 is 0 Å². The normalized spacial score (nSPS) is 16.2. The highest BCUT2D eigenvalue weighted by atomic mass is 35.5. The molecule has 0 saturated carbocycles. The van der Waals surface area contributed by atoms with Crippen LogP contribution < -0.4 is 10.3 Å². The number of piperidine rings is 1. The van der Waals surface area contributed by atoms with Gasteiger partial charge in [0, 0.05) is 42.8 Å². The van der Waals surface area contributed by atoms with Gasteiger partial charge >= 0.3 is 0 Å². The van der Waals surface area contributed by atoms with Crippen LogP contribution in [0.2, 0.25) is 0 Å². The number of nitrogens with zero attached hydrogens (tertiary/aromatic N) is 4. The summed E-state index contributed by atoms with van der Waals surface area (Å²) in [7, 11) is 0. The second-order valence-corrected chi connectivity index (χ2v) is 5.61. The second kappa shape index (κ2) is 5.81. The van der Waals surface area contributed by atoms with Crippen molar-refractivity contribution in [3.63, 3.8) is 0 Å². The summed E-state index contributed by atoms with van der Waals surface area (Å²) in [5, 5.41) is 9.44. The van der Waals surface area contributed by atoms with Gasteiger partial charge in [-0.05, 0) is 38.0 Å². The van der Waals surface area contributed by atoms with Crippen molar-refractivity contribution in [1.82, 2.24) is 19.3 Å².